The van der Waals surface area contributed by atoms with Gasteiger partial charge in [-0.15, -0.1) is 11.3 Å². The maximum atomic E-state index is 6.01. The van der Waals surface area contributed by atoms with Crippen molar-refractivity contribution in [2.75, 3.05) is 13.7 Å². The van der Waals surface area contributed by atoms with Crippen LogP contribution in [0.15, 0.2) is 11.7 Å². The molecule has 1 heterocycles. The molecule has 0 amide bonds. The van der Waals surface area contributed by atoms with Crippen molar-refractivity contribution in [3.8, 4) is 0 Å². The number of nitrogens with one attached hydrogen (secondary N) is 1. The van der Waals surface area contributed by atoms with E-state index in [0.29, 0.717) is 6.04 Å². The summed E-state index contributed by atoms with van der Waals surface area (Å²) in [6, 6.07) is 0.415. The number of methoxy groups -OCH3 is 1. The van der Waals surface area contributed by atoms with Crippen molar-refractivity contribution in [3.63, 3.8) is 0 Å². The monoisotopic (exact) mass is 282 g/mol. The average Bonchev–Trinajstić information content (AvgIpc) is 2.97. The molecule has 1 aromatic heterocycles. The first kappa shape index (κ1) is 14.9. The Morgan fingerprint density at radius 2 is 2.21 bits per heavy atom. The highest BCUT2D eigenvalue weighted by Crippen LogP contribution is 2.35. The lowest BCUT2D eigenvalue weighted by Gasteiger charge is -2.43. The largest absolute Gasteiger partial charge is 0.377 e. The third-order valence-electron chi connectivity index (χ3n) is 4.27. The first-order valence-electron chi connectivity index (χ1n) is 7.46. The van der Waals surface area contributed by atoms with Gasteiger partial charge in [0, 0.05) is 30.6 Å². The van der Waals surface area contributed by atoms with Crippen LogP contribution in [-0.4, -0.2) is 30.3 Å². The number of nitrogens with zero attached hydrogens (tertiary/aromatic N) is 1. The molecule has 0 aromatic carbocycles. The first-order valence-corrected chi connectivity index (χ1v) is 8.34. The van der Waals surface area contributed by atoms with E-state index in [1.54, 1.807) is 11.3 Å². The van der Waals surface area contributed by atoms with E-state index >= 15 is 0 Å². The Hall–Kier alpha value is -0.450. The zero-order valence-electron chi connectivity index (χ0n) is 12.2. The highest BCUT2D eigenvalue weighted by atomic mass is 32.1. The number of thiazole rings is 1. The van der Waals surface area contributed by atoms with Gasteiger partial charge in [0.05, 0.1) is 11.1 Å². The van der Waals surface area contributed by atoms with Gasteiger partial charge in [0.2, 0.25) is 0 Å². The van der Waals surface area contributed by atoms with E-state index < -0.39 is 0 Å². The first-order chi connectivity index (χ1) is 9.30. The van der Waals surface area contributed by atoms with Crippen LogP contribution in [-0.2, 0) is 11.2 Å². The topological polar surface area (TPSA) is 34.2 Å². The maximum Gasteiger partial charge on any atom is 0.0834 e. The highest BCUT2D eigenvalue weighted by Gasteiger charge is 2.39. The lowest BCUT2D eigenvalue weighted by molar-refractivity contribution is -0.0670. The fourth-order valence-electron chi connectivity index (χ4n) is 3.15. The number of aromatic nitrogens is 1. The summed E-state index contributed by atoms with van der Waals surface area (Å²) in [5.41, 5.74) is 1.95. The van der Waals surface area contributed by atoms with E-state index in [4.69, 9.17) is 4.74 Å². The van der Waals surface area contributed by atoms with Gasteiger partial charge >= 0.3 is 0 Å². The molecule has 0 bridgehead atoms. The molecule has 1 saturated carbocycles. The van der Waals surface area contributed by atoms with Gasteiger partial charge in [-0.25, -0.2) is 0 Å². The minimum atomic E-state index is 0.0252. The summed E-state index contributed by atoms with van der Waals surface area (Å²) in [6.07, 6.45) is 10.5. The highest BCUT2D eigenvalue weighted by molar-refractivity contribution is 7.09. The Labute approximate surface area is 120 Å². The molecule has 3 nitrogen and oxygen atoms in total. The second kappa shape index (κ2) is 7.36. The molecular weight excluding hydrogens is 256 g/mol. The van der Waals surface area contributed by atoms with Gasteiger partial charge in [0.25, 0.3) is 0 Å². The second-order valence-corrected chi connectivity index (χ2v) is 6.48. The van der Waals surface area contributed by atoms with Crippen LogP contribution < -0.4 is 5.32 Å². The minimum absolute atomic E-state index is 0.0252. The number of hydrogen-bond donors (Lipinski definition) is 1. The minimum Gasteiger partial charge on any atom is -0.377 e. The SMILES string of the molecule is CCCNC(Cc1cncs1)C1(OC)CCCCC1. The quantitative estimate of drug-likeness (QED) is 0.832. The maximum absolute atomic E-state index is 6.01. The molecule has 1 aliphatic rings. The molecule has 1 atom stereocenters. The summed E-state index contributed by atoms with van der Waals surface area (Å²) in [5.74, 6) is 0. The van der Waals surface area contributed by atoms with Crippen LogP contribution in [0.25, 0.3) is 0 Å². The lowest BCUT2D eigenvalue weighted by Crippen LogP contribution is -2.54. The molecule has 1 fully saturated rings. The van der Waals surface area contributed by atoms with Crippen LogP contribution in [0.2, 0.25) is 0 Å². The molecule has 2 rings (SSSR count). The fourth-order valence-corrected chi connectivity index (χ4v) is 3.79. The van der Waals surface area contributed by atoms with Crippen molar-refractivity contribution in [3.05, 3.63) is 16.6 Å². The molecule has 4 heteroatoms. The normalized spacial score (nSPS) is 20.3. The van der Waals surface area contributed by atoms with Crippen molar-refractivity contribution in [1.82, 2.24) is 10.3 Å². The molecule has 1 N–H and O–H groups in total. The number of rotatable bonds is 7. The van der Waals surface area contributed by atoms with Crippen molar-refractivity contribution < 1.29 is 4.74 Å². The lowest BCUT2D eigenvalue weighted by atomic mass is 9.77. The molecule has 1 aliphatic carbocycles. The molecule has 0 radical (unpaired) electrons. The molecule has 1 aromatic rings. The third kappa shape index (κ3) is 3.77. The standard InChI is InChI=1S/C15H26N2OS/c1-3-9-17-14(10-13-11-16-12-19-13)15(18-2)7-5-4-6-8-15/h11-12,14,17H,3-10H2,1-2H3. The molecule has 0 aliphatic heterocycles. The van der Waals surface area contributed by atoms with E-state index in [9.17, 15) is 0 Å². The molecule has 1 unspecified atom stereocenters. The molecule has 108 valence electrons. The van der Waals surface area contributed by atoms with Crippen molar-refractivity contribution in [2.45, 2.75) is 63.5 Å². The van der Waals surface area contributed by atoms with Crippen LogP contribution in [0.3, 0.4) is 0 Å². The Kier molecular flexibility index (Phi) is 5.79. The number of hydrogen-bond acceptors (Lipinski definition) is 4. The van der Waals surface area contributed by atoms with Gasteiger partial charge in [-0.2, -0.15) is 0 Å². The second-order valence-electron chi connectivity index (χ2n) is 5.51. The Morgan fingerprint density at radius 3 is 2.79 bits per heavy atom. The smallest absolute Gasteiger partial charge is 0.0834 e. The van der Waals surface area contributed by atoms with Crippen molar-refractivity contribution in [2.24, 2.45) is 0 Å². The summed E-state index contributed by atoms with van der Waals surface area (Å²) < 4.78 is 6.01. The van der Waals surface area contributed by atoms with Gasteiger partial charge in [0.1, 0.15) is 0 Å². The van der Waals surface area contributed by atoms with E-state index in [1.165, 1.54) is 43.4 Å². The predicted molar refractivity (Wildman–Crippen MR) is 80.7 cm³/mol. The predicted octanol–water partition coefficient (Wildman–Crippen LogP) is 3.40. The Morgan fingerprint density at radius 1 is 1.42 bits per heavy atom. The van der Waals surface area contributed by atoms with Crippen molar-refractivity contribution in [1.29, 1.82) is 0 Å². The summed E-state index contributed by atoms with van der Waals surface area (Å²) in [4.78, 5) is 5.56. The van der Waals surface area contributed by atoms with Crippen LogP contribution in [0, 0.1) is 0 Å². The van der Waals surface area contributed by atoms with Gasteiger partial charge in [-0.1, -0.05) is 26.2 Å². The van der Waals surface area contributed by atoms with Crippen molar-refractivity contribution >= 4 is 11.3 Å². The Balaban J connectivity index is 2.09. The van der Waals surface area contributed by atoms with Gasteiger partial charge in [0.15, 0.2) is 0 Å². The molecule has 0 saturated heterocycles. The molecule has 0 spiro atoms. The third-order valence-corrected chi connectivity index (χ3v) is 5.07. The van der Waals surface area contributed by atoms with E-state index in [2.05, 4.69) is 17.2 Å². The van der Waals surface area contributed by atoms with E-state index in [0.717, 1.165) is 13.0 Å². The molecule has 19 heavy (non-hydrogen) atoms. The zero-order chi connectivity index (χ0) is 13.6. The van der Waals surface area contributed by atoms with Gasteiger partial charge in [-0.3, -0.25) is 4.98 Å². The fraction of sp³-hybridized carbons (Fsp3) is 0.800. The van der Waals surface area contributed by atoms with E-state index in [-0.39, 0.29) is 5.60 Å². The zero-order valence-corrected chi connectivity index (χ0v) is 13.0. The van der Waals surface area contributed by atoms with Crippen LogP contribution in [0.1, 0.15) is 50.3 Å². The van der Waals surface area contributed by atoms with Gasteiger partial charge < -0.3 is 10.1 Å². The van der Waals surface area contributed by atoms with Crippen LogP contribution in [0.5, 0.6) is 0 Å². The number of ether oxygens (including phenoxy) is 1. The summed E-state index contributed by atoms with van der Waals surface area (Å²) in [5, 5.41) is 3.72. The average molecular weight is 282 g/mol. The Bertz CT molecular complexity index is 347. The summed E-state index contributed by atoms with van der Waals surface area (Å²) in [7, 11) is 1.89. The summed E-state index contributed by atoms with van der Waals surface area (Å²) in [6.45, 7) is 3.28. The van der Waals surface area contributed by atoms with Crippen LogP contribution in [0.4, 0.5) is 0 Å². The van der Waals surface area contributed by atoms with E-state index in [1.807, 2.05) is 18.8 Å². The summed E-state index contributed by atoms with van der Waals surface area (Å²) >= 11 is 1.75. The molecular formula is C15H26N2OS. The van der Waals surface area contributed by atoms with Gasteiger partial charge in [-0.05, 0) is 25.8 Å². The van der Waals surface area contributed by atoms with Crippen LogP contribution >= 0.6 is 11.3 Å².